The van der Waals surface area contributed by atoms with Gasteiger partial charge in [-0.1, -0.05) is 17.3 Å². The normalized spacial score (nSPS) is 12.4. The molecule has 0 aliphatic rings. The molecule has 0 unspecified atom stereocenters. The topological polar surface area (TPSA) is 55.5 Å². The Bertz CT molecular complexity index is 491. The van der Waals surface area contributed by atoms with Crippen LogP contribution in [0.15, 0.2) is 34.9 Å². The Balaban J connectivity index is 2.01. The Labute approximate surface area is 99.8 Å². The van der Waals surface area contributed by atoms with Gasteiger partial charge in [0, 0.05) is 6.07 Å². The molecule has 0 radical (unpaired) electrons. The van der Waals surface area contributed by atoms with Crippen LogP contribution in [0.25, 0.3) is 0 Å². The van der Waals surface area contributed by atoms with Crippen molar-refractivity contribution in [2.24, 2.45) is 0 Å². The molecule has 90 valence electrons. The highest BCUT2D eigenvalue weighted by Crippen LogP contribution is 2.19. The van der Waals surface area contributed by atoms with Gasteiger partial charge in [-0.3, -0.25) is 0 Å². The zero-order valence-electron chi connectivity index (χ0n) is 9.88. The number of aliphatic hydroxyl groups is 1. The lowest BCUT2D eigenvalue weighted by molar-refractivity contribution is 0.198. The second-order valence-corrected chi connectivity index (χ2v) is 3.97. The van der Waals surface area contributed by atoms with E-state index in [2.05, 4.69) is 5.16 Å². The molecule has 1 aromatic carbocycles. The maximum Gasteiger partial charge on any atom is 0.174 e. The van der Waals surface area contributed by atoms with E-state index in [0.717, 1.165) is 11.3 Å². The van der Waals surface area contributed by atoms with Crippen molar-refractivity contribution < 1.29 is 14.4 Å². The van der Waals surface area contributed by atoms with Gasteiger partial charge in [-0.25, -0.2) is 0 Å². The van der Waals surface area contributed by atoms with Gasteiger partial charge in [0.2, 0.25) is 0 Å². The van der Waals surface area contributed by atoms with Crippen molar-refractivity contribution in [3.05, 3.63) is 47.3 Å². The minimum atomic E-state index is -0.494. The monoisotopic (exact) mass is 233 g/mol. The standard InChI is InChI=1S/C13H15NO3/c1-9-6-13(17-14-9)8-16-12-5-3-4-11(7-12)10(2)15/h3-7,10,15H,8H2,1-2H3/t10-/m1/s1. The molecule has 17 heavy (non-hydrogen) atoms. The van der Waals surface area contributed by atoms with Crippen LogP contribution < -0.4 is 4.74 Å². The summed E-state index contributed by atoms with van der Waals surface area (Å²) in [5.74, 6) is 1.39. The van der Waals surface area contributed by atoms with E-state index in [-0.39, 0.29) is 0 Å². The molecule has 0 aliphatic carbocycles. The summed E-state index contributed by atoms with van der Waals surface area (Å²) in [6, 6.07) is 9.20. The van der Waals surface area contributed by atoms with Gasteiger partial charge in [-0.2, -0.15) is 0 Å². The highest BCUT2D eigenvalue weighted by atomic mass is 16.5. The van der Waals surface area contributed by atoms with E-state index >= 15 is 0 Å². The third kappa shape index (κ3) is 3.07. The lowest BCUT2D eigenvalue weighted by Crippen LogP contribution is -1.96. The number of nitrogens with zero attached hydrogens (tertiary/aromatic N) is 1. The zero-order valence-corrected chi connectivity index (χ0v) is 9.88. The first-order valence-electron chi connectivity index (χ1n) is 5.48. The van der Waals surface area contributed by atoms with Crippen LogP contribution in [0.2, 0.25) is 0 Å². The molecule has 0 fully saturated rings. The van der Waals surface area contributed by atoms with Gasteiger partial charge in [-0.15, -0.1) is 0 Å². The molecule has 2 aromatic rings. The maximum absolute atomic E-state index is 9.45. The maximum atomic E-state index is 9.45. The molecule has 0 amide bonds. The number of rotatable bonds is 4. The molecule has 4 heteroatoms. The summed E-state index contributed by atoms with van der Waals surface area (Å²) in [7, 11) is 0. The lowest BCUT2D eigenvalue weighted by atomic mass is 10.1. The van der Waals surface area contributed by atoms with Crippen LogP contribution in [0.3, 0.4) is 0 Å². The van der Waals surface area contributed by atoms with E-state index in [0.29, 0.717) is 18.1 Å². The molecule has 1 aromatic heterocycles. The summed E-state index contributed by atoms with van der Waals surface area (Å²) >= 11 is 0. The highest BCUT2D eigenvalue weighted by Gasteiger charge is 2.04. The fourth-order valence-electron chi connectivity index (χ4n) is 1.50. The predicted octanol–water partition coefficient (Wildman–Crippen LogP) is 2.62. The molecule has 1 N–H and O–H groups in total. The van der Waals surface area contributed by atoms with Crippen LogP contribution in [0.1, 0.15) is 30.0 Å². The number of ether oxygens (including phenoxy) is 1. The second-order valence-electron chi connectivity index (χ2n) is 3.97. The third-order valence-electron chi connectivity index (χ3n) is 2.40. The molecule has 1 heterocycles. The molecule has 0 saturated heterocycles. The van der Waals surface area contributed by atoms with Crippen LogP contribution >= 0.6 is 0 Å². The van der Waals surface area contributed by atoms with Gasteiger partial charge >= 0.3 is 0 Å². The SMILES string of the molecule is Cc1cc(COc2cccc([C@@H](C)O)c2)on1. The number of hydrogen-bond acceptors (Lipinski definition) is 4. The highest BCUT2D eigenvalue weighted by molar-refractivity contribution is 5.29. The molecule has 0 bridgehead atoms. The smallest absolute Gasteiger partial charge is 0.174 e. The van der Waals surface area contributed by atoms with Crippen molar-refractivity contribution in [2.45, 2.75) is 26.6 Å². The summed E-state index contributed by atoms with van der Waals surface area (Å²) in [4.78, 5) is 0. The lowest BCUT2D eigenvalue weighted by Gasteiger charge is -2.08. The van der Waals surface area contributed by atoms with Gasteiger partial charge < -0.3 is 14.4 Å². The molecule has 0 aliphatic heterocycles. The first-order valence-corrected chi connectivity index (χ1v) is 5.48. The van der Waals surface area contributed by atoms with Gasteiger partial charge in [0.25, 0.3) is 0 Å². The minimum Gasteiger partial charge on any atom is -0.486 e. The molecular formula is C13H15NO3. The summed E-state index contributed by atoms with van der Waals surface area (Å²) in [5.41, 5.74) is 1.66. The Morgan fingerprint density at radius 3 is 2.88 bits per heavy atom. The van der Waals surface area contributed by atoms with E-state index < -0.39 is 6.10 Å². The molecule has 2 rings (SSSR count). The van der Waals surface area contributed by atoms with Gasteiger partial charge in [-0.05, 0) is 31.5 Å². The molecule has 1 atom stereocenters. The Kier molecular flexibility index (Phi) is 3.44. The fraction of sp³-hybridized carbons (Fsp3) is 0.308. The average molecular weight is 233 g/mol. The van der Waals surface area contributed by atoms with E-state index in [1.165, 1.54) is 0 Å². The van der Waals surface area contributed by atoms with E-state index in [1.54, 1.807) is 6.92 Å². The predicted molar refractivity (Wildman–Crippen MR) is 62.6 cm³/mol. The van der Waals surface area contributed by atoms with Crippen LogP contribution in [0.4, 0.5) is 0 Å². The molecule has 0 spiro atoms. The molecular weight excluding hydrogens is 218 g/mol. The Morgan fingerprint density at radius 2 is 2.24 bits per heavy atom. The summed E-state index contributed by atoms with van der Waals surface area (Å²) < 4.78 is 10.6. The first kappa shape index (κ1) is 11.7. The van der Waals surface area contributed by atoms with E-state index in [9.17, 15) is 5.11 Å². The number of aryl methyl sites for hydroxylation is 1. The van der Waals surface area contributed by atoms with Crippen molar-refractivity contribution in [2.75, 3.05) is 0 Å². The fourth-order valence-corrected chi connectivity index (χ4v) is 1.50. The van der Waals surface area contributed by atoms with Gasteiger partial charge in [0.15, 0.2) is 5.76 Å². The molecule has 4 nitrogen and oxygen atoms in total. The van der Waals surface area contributed by atoms with Crippen molar-refractivity contribution in [3.63, 3.8) is 0 Å². The van der Waals surface area contributed by atoms with Gasteiger partial charge in [0.05, 0.1) is 11.8 Å². The quantitative estimate of drug-likeness (QED) is 0.881. The minimum absolute atomic E-state index is 0.337. The van der Waals surface area contributed by atoms with Crippen LogP contribution in [-0.2, 0) is 6.61 Å². The third-order valence-corrected chi connectivity index (χ3v) is 2.40. The van der Waals surface area contributed by atoms with Crippen molar-refractivity contribution >= 4 is 0 Å². The number of aliphatic hydroxyl groups excluding tert-OH is 1. The molecule has 0 saturated carbocycles. The first-order chi connectivity index (χ1) is 8.15. The van der Waals surface area contributed by atoms with Gasteiger partial charge in [0.1, 0.15) is 12.4 Å². The van der Waals surface area contributed by atoms with Crippen LogP contribution in [-0.4, -0.2) is 10.3 Å². The number of hydrogen-bond donors (Lipinski definition) is 1. The van der Waals surface area contributed by atoms with Crippen molar-refractivity contribution in [1.82, 2.24) is 5.16 Å². The van der Waals surface area contributed by atoms with Crippen molar-refractivity contribution in [1.29, 1.82) is 0 Å². The van der Waals surface area contributed by atoms with E-state index in [4.69, 9.17) is 9.26 Å². The van der Waals surface area contributed by atoms with Crippen LogP contribution in [0, 0.1) is 6.92 Å². The Hall–Kier alpha value is -1.81. The number of benzene rings is 1. The summed E-state index contributed by atoms with van der Waals surface area (Å²) in [6.45, 7) is 3.92. The zero-order chi connectivity index (χ0) is 12.3. The van der Waals surface area contributed by atoms with E-state index in [1.807, 2.05) is 37.3 Å². The average Bonchev–Trinajstić information content (AvgIpc) is 2.73. The van der Waals surface area contributed by atoms with Crippen LogP contribution in [0.5, 0.6) is 5.75 Å². The summed E-state index contributed by atoms with van der Waals surface area (Å²) in [5, 5.41) is 13.2. The van der Waals surface area contributed by atoms with Crippen molar-refractivity contribution in [3.8, 4) is 5.75 Å². The summed E-state index contributed by atoms with van der Waals surface area (Å²) in [6.07, 6.45) is -0.494. The second kappa shape index (κ2) is 5.01. The largest absolute Gasteiger partial charge is 0.486 e. The Morgan fingerprint density at radius 1 is 1.41 bits per heavy atom. The number of aromatic nitrogens is 1.